The summed E-state index contributed by atoms with van der Waals surface area (Å²) in [6, 6.07) is 11.8. The van der Waals surface area contributed by atoms with Crippen LogP contribution >= 0.6 is 11.6 Å². The fraction of sp³-hybridized carbons (Fsp3) is 0.0667. The van der Waals surface area contributed by atoms with Gasteiger partial charge in [0.1, 0.15) is 0 Å². The first-order chi connectivity index (χ1) is 9.00. The lowest BCUT2D eigenvalue weighted by atomic mass is 10.00. The standard InChI is InChI=1S/C15H11ClO3/c1-9(17)10-4-2-5-11(8-10)12-6-3-7-13(14(12)16)15(18)19/h2-8H,1H3,(H,18,19). The van der Waals surface area contributed by atoms with Crippen LogP contribution in [0, 0.1) is 0 Å². The second kappa shape index (κ2) is 5.24. The number of Topliss-reactive ketones (excluding diaryl/α,β-unsaturated/α-hetero) is 1. The normalized spacial score (nSPS) is 10.2. The van der Waals surface area contributed by atoms with E-state index in [2.05, 4.69) is 0 Å². The van der Waals surface area contributed by atoms with Gasteiger partial charge < -0.3 is 5.11 Å². The van der Waals surface area contributed by atoms with Crippen LogP contribution in [0.2, 0.25) is 5.02 Å². The smallest absolute Gasteiger partial charge is 0.337 e. The van der Waals surface area contributed by atoms with Crippen molar-refractivity contribution in [2.75, 3.05) is 0 Å². The van der Waals surface area contributed by atoms with Gasteiger partial charge in [0.15, 0.2) is 5.78 Å². The van der Waals surface area contributed by atoms with Gasteiger partial charge in [-0.3, -0.25) is 4.79 Å². The fourth-order valence-corrected chi connectivity index (χ4v) is 2.14. The number of rotatable bonds is 3. The van der Waals surface area contributed by atoms with Crippen LogP contribution in [0.4, 0.5) is 0 Å². The highest BCUT2D eigenvalue weighted by atomic mass is 35.5. The maximum atomic E-state index is 11.4. The van der Waals surface area contributed by atoms with Crippen LogP contribution in [0.3, 0.4) is 0 Å². The topological polar surface area (TPSA) is 54.4 Å². The second-order valence-electron chi connectivity index (χ2n) is 4.11. The Bertz CT molecular complexity index is 662. The van der Waals surface area contributed by atoms with Gasteiger partial charge in [-0.2, -0.15) is 0 Å². The average Bonchev–Trinajstić information content (AvgIpc) is 2.38. The van der Waals surface area contributed by atoms with E-state index in [1.165, 1.54) is 13.0 Å². The van der Waals surface area contributed by atoms with E-state index in [-0.39, 0.29) is 16.4 Å². The number of hydrogen-bond acceptors (Lipinski definition) is 2. The maximum Gasteiger partial charge on any atom is 0.337 e. The van der Waals surface area contributed by atoms with E-state index < -0.39 is 5.97 Å². The Kier molecular flexibility index (Phi) is 3.67. The average molecular weight is 275 g/mol. The summed E-state index contributed by atoms with van der Waals surface area (Å²) in [5.74, 6) is -1.12. The molecule has 0 aliphatic rings. The van der Waals surface area contributed by atoms with Gasteiger partial charge >= 0.3 is 5.97 Å². The molecule has 0 aliphatic carbocycles. The van der Waals surface area contributed by atoms with Gasteiger partial charge in [0.25, 0.3) is 0 Å². The summed E-state index contributed by atoms with van der Waals surface area (Å²) in [5.41, 5.74) is 1.94. The molecular formula is C15H11ClO3. The quantitative estimate of drug-likeness (QED) is 0.864. The molecule has 0 saturated heterocycles. The molecular weight excluding hydrogens is 264 g/mol. The molecule has 0 bridgehead atoms. The molecule has 0 fully saturated rings. The SMILES string of the molecule is CC(=O)c1cccc(-c2cccc(C(=O)O)c2Cl)c1. The molecule has 1 N–H and O–H groups in total. The number of carbonyl (C=O) groups excluding carboxylic acids is 1. The number of carbonyl (C=O) groups is 2. The molecule has 0 radical (unpaired) electrons. The summed E-state index contributed by atoms with van der Waals surface area (Å²) in [6.45, 7) is 1.48. The first-order valence-corrected chi connectivity index (χ1v) is 6.01. The Morgan fingerprint density at radius 1 is 1.11 bits per heavy atom. The van der Waals surface area contributed by atoms with Gasteiger partial charge in [0, 0.05) is 11.1 Å². The molecule has 96 valence electrons. The summed E-state index contributed by atoms with van der Waals surface area (Å²) in [5, 5.41) is 9.22. The van der Waals surface area contributed by atoms with Crippen LogP contribution in [-0.2, 0) is 0 Å². The number of ketones is 1. The van der Waals surface area contributed by atoms with Crippen molar-refractivity contribution in [3.63, 3.8) is 0 Å². The predicted molar refractivity (Wildman–Crippen MR) is 73.9 cm³/mol. The molecule has 0 atom stereocenters. The van der Waals surface area contributed by atoms with Crippen LogP contribution in [0.1, 0.15) is 27.6 Å². The molecule has 4 heteroatoms. The van der Waals surface area contributed by atoms with Crippen molar-refractivity contribution in [2.45, 2.75) is 6.92 Å². The van der Waals surface area contributed by atoms with E-state index in [1.807, 2.05) is 0 Å². The van der Waals surface area contributed by atoms with Crippen molar-refractivity contribution < 1.29 is 14.7 Å². The van der Waals surface area contributed by atoms with Crippen molar-refractivity contribution in [2.24, 2.45) is 0 Å². The summed E-state index contributed by atoms with van der Waals surface area (Å²) in [4.78, 5) is 22.4. The monoisotopic (exact) mass is 274 g/mol. The van der Waals surface area contributed by atoms with Crippen molar-refractivity contribution in [3.05, 3.63) is 58.6 Å². The van der Waals surface area contributed by atoms with Crippen molar-refractivity contribution >= 4 is 23.4 Å². The number of carboxylic acid groups (broad SMARTS) is 1. The Morgan fingerprint density at radius 3 is 2.42 bits per heavy atom. The zero-order chi connectivity index (χ0) is 14.0. The van der Waals surface area contributed by atoms with Gasteiger partial charge in [-0.25, -0.2) is 4.79 Å². The van der Waals surface area contributed by atoms with Gasteiger partial charge in [0.05, 0.1) is 10.6 Å². The van der Waals surface area contributed by atoms with E-state index in [9.17, 15) is 9.59 Å². The molecule has 19 heavy (non-hydrogen) atoms. The molecule has 0 unspecified atom stereocenters. The van der Waals surface area contributed by atoms with E-state index in [0.717, 1.165) is 5.56 Å². The Hall–Kier alpha value is -2.13. The molecule has 0 aromatic heterocycles. The maximum absolute atomic E-state index is 11.4. The van der Waals surface area contributed by atoms with E-state index in [0.29, 0.717) is 11.1 Å². The highest BCUT2D eigenvalue weighted by molar-refractivity contribution is 6.36. The molecule has 0 heterocycles. The summed E-state index contributed by atoms with van der Waals surface area (Å²) >= 11 is 6.10. The van der Waals surface area contributed by atoms with E-state index in [1.54, 1.807) is 36.4 Å². The second-order valence-corrected chi connectivity index (χ2v) is 4.49. The third-order valence-corrected chi connectivity index (χ3v) is 3.22. The van der Waals surface area contributed by atoms with E-state index >= 15 is 0 Å². The molecule has 0 aliphatic heterocycles. The zero-order valence-corrected chi connectivity index (χ0v) is 10.9. The lowest BCUT2D eigenvalue weighted by Gasteiger charge is -2.08. The minimum absolute atomic E-state index is 0.0485. The lowest BCUT2D eigenvalue weighted by molar-refractivity contribution is 0.0697. The molecule has 0 spiro atoms. The molecule has 2 aromatic rings. The van der Waals surface area contributed by atoms with Crippen molar-refractivity contribution in [1.82, 2.24) is 0 Å². The van der Waals surface area contributed by atoms with E-state index in [4.69, 9.17) is 16.7 Å². The third kappa shape index (κ3) is 2.66. The highest BCUT2D eigenvalue weighted by Crippen LogP contribution is 2.31. The molecule has 2 rings (SSSR count). The molecule has 3 nitrogen and oxygen atoms in total. The summed E-state index contributed by atoms with van der Waals surface area (Å²) < 4.78 is 0. The van der Waals surface area contributed by atoms with Crippen LogP contribution in [0.25, 0.3) is 11.1 Å². The third-order valence-electron chi connectivity index (χ3n) is 2.81. The lowest BCUT2D eigenvalue weighted by Crippen LogP contribution is -1.98. The van der Waals surface area contributed by atoms with Crippen LogP contribution in [0.5, 0.6) is 0 Å². The van der Waals surface area contributed by atoms with Crippen molar-refractivity contribution in [3.8, 4) is 11.1 Å². The van der Waals surface area contributed by atoms with Crippen molar-refractivity contribution in [1.29, 1.82) is 0 Å². The number of benzene rings is 2. The van der Waals surface area contributed by atoms with Gasteiger partial charge in [0.2, 0.25) is 0 Å². The first kappa shape index (κ1) is 13.3. The first-order valence-electron chi connectivity index (χ1n) is 5.64. The van der Waals surface area contributed by atoms with Crippen LogP contribution < -0.4 is 0 Å². The predicted octanol–water partition coefficient (Wildman–Crippen LogP) is 3.91. The van der Waals surface area contributed by atoms with Crippen LogP contribution in [-0.4, -0.2) is 16.9 Å². The largest absolute Gasteiger partial charge is 0.478 e. The number of carboxylic acids is 1. The fourth-order valence-electron chi connectivity index (χ4n) is 1.83. The Balaban J connectivity index is 2.59. The number of hydrogen-bond donors (Lipinski definition) is 1. The van der Waals surface area contributed by atoms with Gasteiger partial charge in [-0.05, 0) is 24.6 Å². The van der Waals surface area contributed by atoms with Gasteiger partial charge in [-0.1, -0.05) is 41.9 Å². The minimum atomic E-state index is -1.07. The molecule has 2 aromatic carbocycles. The summed E-state index contributed by atoms with van der Waals surface area (Å²) in [6.07, 6.45) is 0. The molecule has 0 saturated carbocycles. The van der Waals surface area contributed by atoms with Gasteiger partial charge in [-0.15, -0.1) is 0 Å². The summed E-state index contributed by atoms with van der Waals surface area (Å²) in [7, 11) is 0. The number of halogens is 1. The minimum Gasteiger partial charge on any atom is -0.478 e. The Morgan fingerprint density at radius 2 is 1.79 bits per heavy atom. The molecule has 0 amide bonds. The number of aromatic carboxylic acids is 1. The van der Waals surface area contributed by atoms with Crippen LogP contribution in [0.15, 0.2) is 42.5 Å². The zero-order valence-electron chi connectivity index (χ0n) is 10.2. The highest BCUT2D eigenvalue weighted by Gasteiger charge is 2.13. The Labute approximate surface area is 115 Å².